The van der Waals surface area contributed by atoms with Gasteiger partial charge in [0.2, 0.25) is 0 Å². The maximum atomic E-state index is 13.1. The Hall–Kier alpha value is -4.10. The zero-order chi connectivity index (χ0) is 29.2. The number of nitrogens with one attached hydrogen (secondary N) is 1. The SMILES string of the molecule is N#C/C(=C\c1cccc(Br)n1)C(=O)NC1(c2ccc(COC(=O)CCCCCN3C(=O)C=CC3=O)cc2)CCCC1. The second-order valence-corrected chi connectivity index (χ2v) is 10.9. The van der Waals surface area contributed by atoms with Crippen molar-refractivity contribution < 1.29 is 23.9 Å². The minimum absolute atomic E-state index is 0.0135. The van der Waals surface area contributed by atoms with E-state index >= 15 is 0 Å². The molecule has 4 rings (SSSR count). The number of halogens is 1. The van der Waals surface area contributed by atoms with Crippen molar-refractivity contribution in [2.45, 2.75) is 63.5 Å². The second kappa shape index (κ2) is 14.0. The topological polar surface area (TPSA) is 129 Å². The van der Waals surface area contributed by atoms with E-state index in [0.29, 0.717) is 36.1 Å². The predicted molar refractivity (Wildman–Crippen MR) is 154 cm³/mol. The van der Waals surface area contributed by atoms with Gasteiger partial charge in [-0.15, -0.1) is 0 Å². The lowest BCUT2D eigenvalue weighted by Gasteiger charge is -2.31. The van der Waals surface area contributed by atoms with Crippen molar-refractivity contribution in [3.05, 3.63) is 81.6 Å². The van der Waals surface area contributed by atoms with E-state index in [1.165, 1.54) is 23.1 Å². The number of aromatic nitrogens is 1. The predicted octanol–water partition coefficient (Wildman–Crippen LogP) is 4.87. The number of imide groups is 1. The summed E-state index contributed by atoms with van der Waals surface area (Å²) in [6.07, 6.45) is 9.67. The second-order valence-electron chi connectivity index (χ2n) is 10.1. The molecule has 41 heavy (non-hydrogen) atoms. The number of esters is 1. The molecule has 1 aliphatic carbocycles. The van der Waals surface area contributed by atoms with Gasteiger partial charge >= 0.3 is 5.97 Å². The molecule has 1 aliphatic heterocycles. The molecule has 0 unspecified atom stereocenters. The summed E-state index contributed by atoms with van der Waals surface area (Å²) in [5.41, 5.74) is 1.70. The van der Waals surface area contributed by atoms with Crippen molar-refractivity contribution in [1.29, 1.82) is 5.26 Å². The quantitative estimate of drug-likeness (QED) is 0.0897. The summed E-state index contributed by atoms with van der Waals surface area (Å²) in [7, 11) is 0. The molecule has 0 radical (unpaired) electrons. The molecule has 10 heteroatoms. The fourth-order valence-electron chi connectivity index (χ4n) is 5.07. The molecule has 2 heterocycles. The van der Waals surface area contributed by atoms with Crippen LogP contribution in [0.1, 0.15) is 68.2 Å². The number of unbranched alkanes of at least 4 members (excludes halogenated alkanes) is 2. The molecule has 1 saturated carbocycles. The van der Waals surface area contributed by atoms with Crippen molar-refractivity contribution in [3.63, 3.8) is 0 Å². The maximum absolute atomic E-state index is 13.1. The summed E-state index contributed by atoms with van der Waals surface area (Å²) in [5, 5.41) is 12.8. The van der Waals surface area contributed by atoms with E-state index in [0.717, 1.165) is 36.8 Å². The van der Waals surface area contributed by atoms with Crippen LogP contribution >= 0.6 is 15.9 Å². The molecular weight excluding hydrogens is 588 g/mol. The molecule has 2 aromatic rings. The molecule has 0 atom stereocenters. The van der Waals surface area contributed by atoms with Crippen LogP contribution < -0.4 is 5.32 Å². The first-order chi connectivity index (χ1) is 19.8. The average Bonchev–Trinajstić information content (AvgIpc) is 3.57. The Balaban J connectivity index is 1.27. The van der Waals surface area contributed by atoms with E-state index in [1.807, 2.05) is 30.3 Å². The number of carbonyl (C=O) groups is 4. The van der Waals surface area contributed by atoms with Gasteiger partial charge in [0, 0.05) is 25.1 Å². The molecule has 0 saturated heterocycles. The number of pyridine rings is 1. The van der Waals surface area contributed by atoms with Crippen molar-refractivity contribution in [2.24, 2.45) is 0 Å². The normalized spacial score (nSPS) is 16.1. The third kappa shape index (κ3) is 7.98. The number of ether oxygens (including phenoxy) is 1. The van der Waals surface area contributed by atoms with Gasteiger partial charge in [0.25, 0.3) is 17.7 Å². The van der Waals surface area contributed by atoms with Crippen LogP contribution in [0.2, 0.25) is 0 Å². The molecule has 0 bridgehead atoms. The van der Waals surface area contributed by atoms with E-state index in [9.17, 15) is 24.4 Å². The smallest absolute Gasteiger partial charge is 0.306 e. The van der Waals surface area contributed by atoms with E-state index in [1.54, 1.807) is 18.2 Å². The number of hydrogen-bond donors (Lipinski definition) is 1. The van der Waals surface area contributed by atoms with Crippen LogP contribution in [0, 0.1) is 11.3 Å². The van der Waals surface area contributed by atoms with Gasteiger partial charge < -0.3 is 10.1 Å². The summed E-state index contributed by atoms with van der Waals surface area (Å²) < 4.78 is 6.03. The van der Waals surface area contributed by atoms with Gasteiger partial charge in [-0.25, -0.2) is 4.98 Å². The number of nitriles is 1. The van der Waals surface area contributed by atoms with E-state index in [-0.39, 0.29) is 36.4 Å². The lowest BCUT2D eigenvalue weighted by Crippen LogP contribution is -2.44. The Morgan fingerprint density at radius 3 is 2.41 bits per heavy atom. The Morgan fingerprint density at radius 1 is 1.05 bits per heavy atom. The molecule has 2 aliphatic rings. The van der Waals surface area contributed by atoms with Gasteiger partial charge in [-0.05, 0) is 70.9 Å². The molecule has 1 fully saturated rings. The molecule has 9 nitrogen and oxygen atoms in total. The first-order valence-electron chi connectivity index (χ1n) is 13.7. The maximum Gasteiger partial charge on any atom is 0.306 e. The molecule has 3 amide bonds. The van der Waals surface area contributed by atoms with Crippen LogP contribution in [0.25, 0.3) is 6.08 Å². The van der Waals surface area contributed by atoms with Gasteiger partial charge in [-0.2, -0.15) is 5.26 Å². The van der Waals surface area contributed by atoms with Crippen LogP contribution in [-0.4, -0.2) is 40.1 Å². The lowest BCUT2D eigenvalue weighted by molar-refractivity contribution is -0.145. The average molecular weight is 620 g/mol. The minimum Gasteiger partial charge on any atom is -0.461 e. The summed E-state index contributed by atoms with van der Waals surface area (Å²) in [4.78, 5) is 53.9. The van der Waals surface area contributed by atoms with Gasteiger partial charge in [0.15, 0.2) is 0 Å². The first kappa shape index (κ1) is 29.9. The van der Waals surface area contributed by atoms with Gasteiger partial charge in [-0.3, -0.25) is 24.1 Å². The number of rotatable bonds is 12. The van der Waals surface area contributed by atoms with Gasteiger partial charge in [-0.1, -0.05) is 49.6 Å². The Morgan fingerprint density at radius 2 is 1.76 bits per heavy atom. The lowest BCUT2D eigenvalue weighted by atomic mass is 9.87. The standard InChI is InChI=1S/C31H31BrN4O5/c32-26-8-6-7-25(34-26)19-23(20-33)30(40)35-31(16-3-4-17-31)24-12-10-22(11-13-24)21-41-29(39)9-2-1-5-18-36-27(37)14-15-28(36)38/h6-8,10-15,19H,1-5,9,16-18,21H2,(H,35,40)/b23-19+. The van der Waals surface area contributed by atoms with E-state index in [4.69, 9.17) is 4.74 Å². The fraction of sp³-hybridized carbons (Fsp3) is 0.355. The third-order valence-electron chi connectivity index (χ3n) is 7.27. The fourth-order valence-corrected chi connectivity index (χ4v) is 5.43. The zero-order valence-electron chi connectivity index (χ0n) is 22.6. The van der Waals surface area contributed by atoms with Crippen LogP contribution in [0.5, 0.6) is 0 Å². The molecule has 0 spiro atoms. The largest absolute Gasteiger partial charge is 0.461 e. The Kier molecular flexibility index (Phi) is 10.2. The summed E-state index contributed by atoms with van der Waals surface area (Å²) in [6, 6.07) is 14.9. The van der Waals surface area contributed by atoms with Crippen molar-refractivity contribution >= 4 is 45.7 Å². The monoisotopic (exact) mass is 618 g/mol. The number of nitrogens with zero attached hydrogens (tertiary/aromatic N) is 3. The van der Waals surface area contributed by atoms with Crippen molar-refractivity contribution in [2.75, 3.05) is 6.54 Å². The zero-order valence-corrected chi connectivity index (χ0v) is 24.2. The Bertz CT molecular complexity index is 1390. The molecule has 1 aromatic heterocycles. The molecule has 212 valence electrons. The summed E-state index contributed by atoms with van der Waals surface area (Å²) >= 11 is 3.30. The first-order valence-corrected chi connectivity index (χ1v) is 14.4. The third-order valence-corrected chi connectivity index (χ3v) is 7.72. The summed E-state index contributed by atoms with van der Waals surface area (Å²) in [6.45, 7) is 0.492. The van der Waals surface area contributed by atoms with E-state index in [2.05, 4.69) is 26.2 Å². The number of carbonyl (C=O) groups excluding carboxylic acids is 4. The van der Waals surface area contributed by atoms with Crippen LogP contribution in [0.15, 0.2) is 64.8 Å². The Labute approximate surface area is 247 Å². The molecule has 1 N–H and O–H groups in total. The number of amides is 3. The highest BCUT2D eigenvalue weighted by Gasteiger charge is 2.37. The van der Waals surface area contributed by atoms with Crippen LogP contribution in [0.3, 0.4) is 0 Å². The van der Waals surface area contributed by atoms with Crippen LogP contribution in [0.4, 0.5) is 0 Å². The molecular formula is C31H31BrN4O5. The number of hydrogen-bond acceptors (Lipinski definition) is 7. The van der Waals surface area contributed by atoms with Gasteiger partial charge in [0.05, 0.1) is 11.2 Å². The number of benzene rings is 1. The van der Waals surface area contributed by atoms with Crippen molar-refractivity contribution in [1.82, 2.24) is 15.2 Å². The highest BCUT2D eigenvalue weighted by molar-refractivity contribution is 9.10. The summed E-state index contributed by atoms with van der Waals surface area (Å²) in [5.74, 6) is -1.33. The van der Waals surface area contributed by atoms with Gasteiger partial charge in [0.1, 0.15) is 22.9 Å². The highest BCUT2D eigenvalue weighted by Crippen LogP contribution is 2.39. The highest BCUT2D eigenvalue weighted by atomic mass is 79.9. The van der Waals surface area contributed by atoms with E-state index < -0.39 is 11.4 Å². The minimum atomic E-state index is -0.576. The van der Waals surface area contributed by atoms with Crippen molar-refractivity contribution in [3.8, 4) is 6.07 Å². The molecule has 1 aromatic carbocycles. The van der Waals surface area contributed by atoms with Crippen LogP contribution in [-0.2, 0) is 36.1 Å².